The van der Waals surface area contributed by atoms with Crippen LogP contribution in [0.3, 0.4) is 0 Å². The smallest absolute Gasteiger partial charge is 0.253 e. The summed E-state index contributed by atoms with van der Waals surface area (Å²) in [6.07, 6.45) is 0.804. The van der Waals surface area contributed by atoms with Crippen molar-refractivity contribution in [2.45, 2.75) is 34.1 Å². The van der Waals surface area contributed by atoms with Crippen LogP contribution in [0.5, 0.6) is 0 Å². The van der Waals surface area contributed by atoms with Gasteiger partial charge in [-0.15, -0.1) is 0 Å². The minimum absolute atomic E-state index is 0.0480. The van der Waals surface area contributed by atoms with Crippen molar-refractivity contribution < 1.29 is 4.79 Å². The molecule has 1 amide bonds. The van der Waals surface area contributed by atoms with E-state index >= 15 is 0 Å². The minimum Gasteiger partial charge on any atom is -0.316 e. The topological polar surface area (TPSA) is 20.3 Å². The standard InChI is InChI=1S/C11H19NO/c1-7-9(4)12(6)11(13)10(5)8(2)3/h4,7H2,1-3,5-6H3. The Morgan fingerprint density at radius 1 is 1.31 bits per heavy atom. The van der Waals surface area contributed by atoms with Gasteiger partial charge >= 0.3 is 0 Å². The molecule has 0 fully saturated rings. The van der Waals surface area contributed by atoms with Crippen LogP contribution in [0, 0.1) is 0 Å². The van der Waals surface area contributed by atoms with E-state index < -0.39 is 0 Å². The van der Waals surface area contributed by atoms with Crippen LogP contribution in [0.2, 0.25) is 0 Å². The number of hydrogen-bond donors (Lipinski definition) is 0. The molecular formula is C11H19NO. The zero-order valence-corrected chi connectivity index (χ0v) is 9.27. The van der Waals surface area contributed by atoms with Gasteiger partial charge in [0, 0.05) is 18.3 Å². The Kier molecular flexibility index (Phi) is 4.46. The molecule has 13 heavy (non-hydrogen) atoms. The molecule has 74 valence electrons. The van der Waals surface area contributed by atoms with Crippen molar-refractivity contribution in [3.05, 3.63) is 23.4 Å². The first-order valence-corrected chi connectivity index (χ1v) is 4.51. The summed E-state index contributed by atoms with van der Waals surface area (Å²) in [5.41, 5.74) is 2.71. The fourth-order valence-corrected chi connectivity index (χ4v) is 0.846. The van der Waals surface area contributed by atoms with E-state index in [1.165, 1.54) is 0 Å². The number of rotatable bonds is 3. The molecule has 0 bridgehead atoms. The van der Waals surface area contributed by atoms with E-state index in [0.717, 1.165) is 23.3 Å². The fraction of sp³-hybridized carbons (Fsp3) is 0.545. The first-order chi connectivity index (χ1) is 5.91. The van der Waals surface area contributed by atoms with Crippen LogP contribution in [0.25, 0.3) is 0 Å². The molecule has 0 aromatic rings. The Labute approximate surface area is 80.9 Å². The molecule has 0 aliphatic heterocycles. The Balaban J connectivity index is 4.63. The summed E-state index contributed by atoms with van der Waals surface area (Å²) in [5, 5.41) is 0. The largest absolute Gasteiger partial charge is 0.316 e. The number of likely N-dealkylation sites (N-methyl/N-ethyl adjacent to an activating group) is 1. The highest BCUT2D eigenvalue weighted by atomic mass is 16.2. The summed E-state index contributed by atoms with van der Waals surface area (Å²) < 4.78 is 0. The summed E-state index contributed by atoms with van der Waals surface area (Å²) in [6.45, 7) is 11.5. The van der Waals surface area contributed by atoms with Crippen LogP contribution in [0.15, 0.2) is 23.4 Å². The summed E-state index contributed by atoms with van der Waals surface area (Å²) >= 11 is 0. The molecule has 0 N–H and O–H groups in total. The van der Waals surface area contributed by atoms with Gasteiger partial charge in [0.2, 0.25) is 0 Å². The second kappa shape index (κ2) is 4.85. The molecule has 2 heteroatoms. The minimum atomic E-state index is 0.0480. The van der Waals surface area contributed by atoms with E-state index in [4.69, 9.17) is 0 Å². The SMILES string of the molecule is C=C(CC)N(C)C(=O)C(C)=C(C)C. The zero-order valence-electron chi connectivity index (χ0n) is 9.27. The van der Waals surface area contributed by atoms with Crippen LogP contribution in [0.4, 0.5) is 0 Å². The summed E-state index contributed by atoms with van der Waals surface area (Å²) in [5.74, 6) is 0.0480. The first-order valence-electron chi connectivity index (χ1n) is 4.51. The Morgan fingerprint density at radius 2 is 1.77 bits per heavy atom. The van der Waals surface area contributed by atoms with E-state index in [2.05, 4.69) is 6.58 Å². The molecule has 0 saturated heterocycles. The average Bonchev–Trinajstić information content (AvgIpc) is 2.12. The quantitative estimate of drug-likeness (QED) is 0.613. The molecule has 0 aromatic heterocycles. The maximum Gasteiger partial charge on any atom is 0.253 e. The lowest BCUT2D eigenvalue weighted by Crippen LogP contribution is -2.26. The number of carbonyl (C=O) groups is 1. The van der Waals surface area contributed by atoms with E-state index in [1.54, 1.807) is 11.9 Å². The van der Waals surface area contributed by atoms with Gasteiger partial charge in [-0.3, -0.25) is 4.79 Å². The van der Waals surface area contributed by atoms with E-state index in [9.17, 15) is 4.79 Å². The van der Waals surface area contributed by atoms with Crippen molar-refractivity contribution in [2.75, 3.05) is 7.05 Å². The van der Waals surface area contributed by atoms with Crippen LogP contribution < -0.4 is 0 Å². The molecule has 0 aliphatic rings. The lowest BCUT2D eigenvalue weighted by Gasteiger charge is -2.19. The zero-order chi connectivity index (χ0) is 10.6. The monoisotopic (exact) mass is 181 g/mol. The Hall–Kier alpha value is -1.05. The normalized spacial score (nSPS) is 9.31. The molecule has 0 saturated carbocycles. The third kappa shape index (κ3) is 3.05. The lowest BCUT2D eigenvalue weighted by atomic mass is 10.1. The van der Waals surface area contributed by atoms with Crippen LogP contribution in [0.1, 0.15) is 34.1 Å². The summed E-state index contributed by atoms with van der Waals surface area (Å²) in [7, 11) is 1.76. The molecule has 0 rings (SSSR count). The molecule has 0 aliphatic carbocycles. The van der Waals surface area contributed by atoms with E-state index in [-0.39, 0.29) is 5.91 Å². The van der Waals surface area contributed by atoms with Gasteiger partial charge in [-0.25, -0.2) is 0 Å². The van der Waals surface area contributed by atoms with Crippen molar-refractivity contribution >= 4 is 5.91 Å². The van der Waals surface area contributed by atoms with Gasteiger partial charge in [-0.1, -0.05) is 19.1 Å². The second-order valence-electron chi connectivity index (χ2n) is 3.41. The highest BCUT2D eigenvalue weighted by molar-refractivity contribution is 5.94. The van der Waals surface area contributed by atoms with Gasteiger partial charge in [0.25, 0.3) is 5.91 Å². The van der Waals surface area contributed by atoms with Crippen molar-refractivity contribution in [3.63, 3.8) is 0 Å². The van der Waals surface area contributed by atoms with Gasteiger partial charge in [0.1, 0.15) is 0 Å². The van der Waals surface area contributed by atoms with E-state index in [0.29, 0.717) is 0 Å². The maximum atomic E-state index is 11.7. The number of hydrogen-bond acceptors (Lipinski definition) is 1. The molecule has 0 atom stereocenters. The first kappa shape index (κ1) is 11.9. The van der Waals surface area contributed by atoms with Gasteiger partial charge in [0.15, 0.2) is 0 Å². The van der Waals surface area contributed by atoms with Crippen molar-refractivity contribution in [3.8, 4) is 0 Å². The third-order valence-electron chi connectivity index (χ3n) is 2.26. The summed E-state index contributed by atoms with van der Waals surface area (Å²) in [6, 6.07) is 0. The van der Waals surface area contributed by atoms with Crippen molar-refractivity contribution in [1.82, 2.24) is 4.90 Å². The van der Waals surface area contributed by atoms with Crippen LogP contribution in [-0.2, 0) is 4.79 Å². The van der Waals surface area contributed by atoms with Gasteiger partial charge in [-0.2, -0.15) is 0 Å². The highest BCUT2D eigenvalue weighted by Crippen LogP contribution is 2.11. The van der Waals surface area contributed by atoms with Crippen molar-refractivity contribution in [1.29, 1.82) is 0 Å². The predicted octanol–water partition coefficient (Wildman–Crippen LogP) is 2.72. The second-order valence-corrected chi connectivity index (χ2v) is 3.41. The highest BCUT2D eigenvalue weighted by Gasteiger charge is 2.12. The number of allylic oxidation sites excluding steroid dienone is 2. The Morgan fingerprint density at radius 3 is 2.08 bits per heavy atom. The molecule has 0 spiro atoms. The fourth-order valence-electron chi connectivity index (χ4n) is 0.846. The number of nitrogens with zero attached hydrogens (tertiary/aromatic N) is 1. The maximum absolute atomic E-state index is 11.7. The predicted molar refractivity (Wildman–Crippen MR) is 56.2 cm³/mol. The molecule has 0 radical (unpaired) electrons. The average molecular weight is 181 g/mol. The third-order valence-corrected chi connectivity index (χ3v) is 2.26. The Bertz CT molecular complexity index is 247. The van der Waals surface area contributed by atoms with Crippen molar-refractivity contribution in [2.24, 2.45) is 0 Å². The van der Waals surface area contributed by atoms with E-state index in [1.807, 2.05) is 27.7 Å². The number of carbonyl (C=O) groups excluding carboxylic acids is 1. The van der Waals surface area contributed by atoms with Gasteiger partial charge < -0.3 is 4.90 Å². The molecule has 0 unspecified atom stereocenters. The molecule has 0 heterocycles. The molecule has 0 aromatic carbocycles. The summed E-state index contributed by atoms with van der Waals surface area (Å²) in [4.78, 5) is 13.3. The van der Waals surface area contributed by atoms with Gasteiger partial charge in [0.05, 0.1) is 0 Å². The van der Waals surface area contributed by atoms with Crippen LogP contribution >= 0.6 is 0 Å². The molecule has 2 nitrogen and oxygen atoms in total. The van der Waals surface area contributed by atoms with Gasteiger partial charge in [-0.05, 0) is 27.2 Å². The molecular weight excluding hydrogens is 162 g/mol. The van der Waals surface area contributed by atoms with Crippen LogP contribution in [-0.4, -0.2) is 17.9 Å². The number of amides is 1. The lowest BCUT2D eigenvalue weighted by molar-refractivity contribution is -0.124.